The fraction of sp³-hybridized carbons (Fsp3) is 0.500. The molecule has 1 saturated carbocycles. The lowest BCUT2D eigenvalue weighted by atomic mass is 9.78. The Morgan fingerprint density at radius 2 is 1.16 bits per heavy atom. The lowest BCUT2D eigenvalue weighted by molar-refractivity contribution is 0.235. The molecule has 7 rings (SSSR count). The molecule has 1 aromatic carbocycles. The Hall–Kier alpha value is -4.43. The highest BCUT2D eigenvalue weighted by Crippen LogP contribution is 2.32. The summed E-state index contributed by atoms with van der Waals surface area (Å²) in [7, 11) is 0. The Labute approximate surface area is 357 Å². The number of thiazole rings is 1. The van der Waals surface area contributed by atoms with E-state index in [0.717, 1.165) is 17.6 Å². The van der Waals surface area contributed by atoms with Crippen LogP contribution in [-0.4, -0.2) is 30.1 Å². The van der Waals surface area contributed by atoms with Gasteiger partial charge in [0.25, 0.3) is 0 Å². The van der Waals surface area contributed by atoms with Gasteiger partial charge in [0.15, 0.2) is 0 Å². The van der Waals surface area contributed by atoms with Gasteiger partial charge in [-0.1, -0.05) is 153 Å². The van der Waals surface area contributed by atoms with Crippen molar-refractivity contribution in [3.63, 3.8) is 0 Å². The number of H-pyrrole nitrogens is 1. The van der Waals surface area contributed by atoms with Crippen molar-refractivity contribution in [2.75, 3.05) is 0 Å². The number of benzene rings is 1. The molecule has 0 atom stereocenters. The van der Waals surface area contributed by atoms with Crippen LogP contribution in [0.25, 0.3) is 0 Å². The van der Waals surface area contributed by atoms with Gasteiger partial charge in [-0.05, 0) is 76.0 Å². The molecule has 1 aliphatic carbocycles. The second kappa shape index (κ2) is 30.6. The average Bonchev–Trinajstić information content (AvgIpc) is 4.02. The zero-order valence-corrected chi connectivity index (χ0v) is 39.1. The molecule has 0 amide bonds. The molecule has 58 heavy (non-hydrogen) atoms. The summed E-state index contributed by atoms with van der Waals surface area (Å²) in [5.74, 6) is 6.59. The van der Waals surface area contributed by atoms with E-state index < -0.39 is 0 Å². The third-order valence-corrected chi connectivity index (χ3v) is 10.5. The van der Waals surface area contributed by atoms with Gasteiger partial charge in [0.1, 0.15) is 12.1 Å². The highest BCUT2D eigenvalue weighted by Gasteiger charge is 2.19. The maximum absolute atomic E-state index is 5.09. The summed E-state index contributed by atoms with van der Waals surface area (Å²) < 4.78 is 5.09. The van der Waals surface area contributed by atoms with Gasteiger partial charge in [-0.2, -0.15) is 5.10 Å². The quantitative estimate of drug-likeness (QED) is 0.173. The molecule has 0 saturated heterocycles. The Morgan fingerprint density at radius 1 is 0.569 bits per heavy atom. The fourth-order valence-electron chi connectivity index (χ4n) is 4.99. The van der Waals surface area contributed by atoms with Gasteiger partial charge in [-0.3, -0.25) is 10.1 Å². The van der Waals surface area contributed by atoms with Crippen molar-refractivity contribution < 1.29 is 4.42 Å². The second-order valence-electron chi connectivity index (χ2n) is 16.6. The molecule has 318 valence electrons. The molecule has 6 aromatic rings. The number of hydrogen-bond donors (Lipinski definition) is 1. The van der Waals surface area contributed by atoms with E-state index in [1.807, 2.05) is 66.8 Å². The highest BCUT2D eigenvalue weighted by molar-refractivity contribution is 7.09. The maximum atomic E-state index is 5.09. The van der Waals surface area contributed by atoms with Crippen molar-refractivity contribution in [1.82, 2.24) is 30.1 Å². The van der Waals surface area contributed by atoms with Crippen molar-refractivity contribution in [1.29, 1.82) is 0 Å². The maximum Gasteiger partial charge on any atom is 0.115 e. The first-order valence-electron chi connectivity index (χ1n) is 21.2. The van der Waals surface area contributed by atoms with Crippen LogP contribution in [-0.2, 0) is 0 Å². The smallest absolute Gasteiger partial charge is 0.115 e. The van der Waals surface area contributed by atoms with Crippen LogP contribution < -0.4 is 0 Å². The van der Waals surface area contributed by atoms with E-state index in [0.29, 0.717) is 35.5 Å². The predicted molar refractivity (Wildman–Crippen MR) is 249 cm³/mol. The van der Waals surface area contributed by atoms with Crippen LogP contribution in [0, 0.1) is 11.8 Å². The van der Waals surface area contributed by atoms with E-state index >= 15 is 0 Å². The van der Waals surface area contributed by atoms with E-state index in [1.54, 1.807) is 30.1 Å². The number of rotatable bonds is 7. The summed E-state index contributed by atoms with van der Waals surface area (Å²) in [5, 5.41) is 9.82. The highest BCUT2D eigenvalue weighted by atomic mass is 32.1. The summed E-state index contributed by atoms with van der Waals surface area (Å²) in [6.45, 7) is 30.4. The topological polar surface area (TPSA) is 93.4 Å². The summed E-state index contributed by atoms with van der Waals surface area (Å²) in [6, 6.07) is 18.5. The van der Waals surface area contributed by atoms with Crippen molar-refractivity contribution in [2.45, 2.75) is 152 Å². The van der Waals surface area contributed by atoms with Crippen LogP contribution in [0.15, 0.2) is 120 Å². The molecular formula is C50H76N6OS. The molecule has 0 radical (unpaired) electrons. The van der Waals surface area contributed by atoms with E-state index in [1.165, 1.54) is 46.5 Å². The lowest BCUT2D eigenvalue weighted by Crippen LogP contribution is -2.16. The Bertz CT molecular complexity index is 1520. The first-order valence-corrected chi connectivity index (χ1v) is 22.1. The van der Waals surface area contributed by atoms with E-state index in [2.05, 4.69) is 157 Å². The van der Waals surface area contributed by atoms with Crippen LogP contribution >= 0.6 is 11.3 Å². The molecule has 1 fully saturated rings. The number of furan rings is 1. The largest absolute Gasteiger partial charge is 0.469 e. The summed E-state index contributed by atoms with van der Waals surface area (Å²) >= 11 is 1.72. The number of nitrogens with one attached hydrogen (secondary N) is 1. The Balaban J connectivity index is 0.000000339. The molecule has 5 heterocycles. The molecule has 5 aromatic heterocycles. The van der Waals surface area contributed by atoms with Crippen molar-refractivity contribution in [3.05, 3.63) is 149 Å². The lowest BCUT2D eigenvalue weighted by Gasteiger charge is -2.28. The molecule has 1 N–H and O–H groups in total. The second-order valence-corrected chi connectivity index (χ2v) is 17.6. The summed E-state index contributed by atoms with van der Waals surface area (Å²) in [6.07, 6.45) is 20.8. The molecular weight excluding hydrogens is 733 g/mol. The molecule has 0 spiro atoms. The van der Waals surface area contributed by atoms with Gasteiger partial charge < -0.3 is 4.42 Å². The fourth-order valence-corrected chi connectivity index (χ4v) is 5.64. The standard InChI is InChI=1S/C9H12.C8H11N.C7H10N2.C7H10O.C7H14.C6H10N2.C6H9NS/c1-8(2)9-6-4-3-5-7-9;1-7(2)8-4-3-5-9-6-8;1-6(2)7-3-8-5-9-4-7;1-6(2)7-4-3-5-8-7;1-6(2)7-4-3-5-7;1-5(2)6-3-7-8-4-6;1-5(2)6-7-3-4-8-6/h3-8H,1-2H3;3-7H,1-2H3;3-6H,1-2H3;3-6H,1-2H3;6-7H,3-5H2,1-2H3;3-5H,1-2H3,(H,7,8);3-5H,1-2H3. The molecule has 1 aliphatic rings. The summed E-state index contributed by atoms with van der Waals surface area (Å²) in [5.41, 5.74) is 5.18. The number of hydrogen-bond acceptors (Lipinski definition) is 7. The minimum atomic E-state index is 0.519. The third-order valence-electron chi connectivity index (χ3n) is 9.40. The Morgan fingerprint density at radius 3 is 1.41 bits per heavy atom. The van der Waals surface area contributed by atoms with E-state index in [9.17, 15) is 0 Å². The van der Waals surface area contributed by atoms with Gasteiger partial charge in [0.2, 0.25) is 0 Å². The van der Waals surface area contributed by atoms with Gasteiger partial charge >= 0.3 is 0 Å². The molecule has 7 nitrogen and oxygen atoms in total. The van der Waals surface area contributed by atoms with E-state index in [-0.39, 0.29) is 0 Å². The zero-order chi connectivity index (χ0) is 43.3. The van der Waals surface area contributed by atoms with Gasteiger partial charge in [0, 0.05) is 54.4 Å². The Kier molecular flexibility index (Phi) is 27.2. The van der Waals surface area contributed by atoms with Gasteiger partial charge in [0.05, 0.1) is 17.5 Å². The van der Waals surface area contributed by atoms with Crippen molar-refractivity contribution in [2.24, 2.45) is 11.8 Å². The van der Waals surface area contributed by atoms with Gasteiger partial charge in [-0.15, -0.1) is 11.3 Å². The van der Waals surface area contributed by atoms with Crippen LogP contribution in [0.3, 0.4) is 0 Å². The number of nitrogens with zero attached hydrogens (tertiary/aromatic N) is 5. The molecule has 8 heteroatoms. The SMILES string of the molecule is CC(C)C1CCC1.CC(C)c1ccccc1.CC(C)c1cccnc1.CC(C)c1ccco1.CC(C)c1cn[nH]c1.CC(C)c1cncnc1.CC(C)c1nccs1. The van der Waals surface area contributed by atoms with Crippen LogP contribution in [0.4, 0.5) is 0 Å². The normalized spacial score (nSPS) is 11.7. The third kappa shape index (κ3) is 23.7. The van der Waals surface area contributed by atoms with Crippen LogP contribution in [0.2, 0.25) is 0 Å². The van der Waals surface area contributed by atoms with Crippen molar-refractivity contribution in [3.8, 4) is 0 Å². The van der Waals surface area contributed by atoms with Crippen molar-refractivity contribution >= 4 is 11.3 Å². The van der Waals surface area contributed by atoms with Crippen LogP contribution in [0.5, 0.6) is 0 Å². The first-order chi connectivity index (χ1) is 27.6. The first kappa shape index (κ1) is 51.6. The zero-order valence-electron chi connectivity index (χ0n) is 38.3. The predicted octanol–water partition coefficient (Wildman–Crippen LogP) is 15.3. The van der Waals surface area contributed by atoms with Gasteiger partial charge in [-0.25, -0.2) is 15.0 Å². The minimum absolute atomic E-state index is 0.519. The minimum Gasteiger partial charge on any atom is -0.469 e. The van der Waals surface area contributed by atoms with Crippen LogP contribution in [0.1, 0.15) is 185 Å². The monoisotopic (exact) mass is 809 g/mol. The molecule has 0 unspecified atom stereocenters. The summed E-state index contributed by atoms with van der Waals surface area (Å²) in [4.78, 5) is 15.9. The average molecular weight is 809 g/mol. The van der Waals surface area contributed by atoms with E-state index in [4.69, 9.17) is 4.42 Å². The molecule has 0 bridgehead atoms. The number of aromatic amines is 1. The molecule has 0 aliphatic heterocycles. The number of aromatic nitrogens is 6. The number of pyridine rings is 1.